The average Bonchev–Trinajstić information content (AvgIpc) is 2.31. The van der Waals surface area contributed by atoms with E-state index in [0.717, 1.165) is 5.56 Å². The van der Waals surface area contributed by atoms with E-state index in [4.69, 9.17) is 11.6 Å². The molecule has 0 bridgehead atoms. The third-order valence-corrected chi connectivity index (χ3v) is 3.98. The Morgan fingerprint density at radius 1 is 1.39 bits per heavy atom. The average molecular weight is 275 g/mol. The normalized spacial score (nSPS) is 24.8. The van der Waals surface area contributed by atoms with Crippen molar-refractivity contribution >= 4 is 11.6 Å². The number of aliphatic hydroxyl groups is 1. The largest absolute Gasteiger partial charge is 0.392 e. The lowest BCUT2D eigenvalue weighted by atomic mass is 9.81. The highest BCUT2D eigenvalue weighted by Crippen LogP contribution is 2.38. The molecule has 1 aromatic carbocycles. The summed E-state index contributed by atoms with van der Waals surface area (Å²) in [6.45, 7) is 0. The van der Waals surface area contributed by atoms with E-state index >= 15 is 0 Å². The first-order valence-corrected chi connectivity index (χ1v) is 6.65. The lowest BCUT2D eigenvalue weighted by Gasteiger charge is -2.32. The third-order valence-electron chi connectivity index (χ3n) is 3.61. The SMILES string of the molecule is OC(Cc1ccccc1Cl)C1CCCC(F)(F)C1. The van der Waals surface area contributed by atoms with Crippen LogP contribution in [0.3, 0.4) is 0 Å². The molecule has 1 aromatic rings. The van der Waals surface area contributed by atoms with E-state index in [1.165, 1.54) is 0 Å². The molecule has 1 saturated carbocycles. The Morgan fingerprint density at radius 2 is 2.11 bits per heavy atom. The zero-order valence-corrected chi connectivity index (χ0v) is 10.8. The van der Waals surface area contributed by atoms with Crippen molar-refractivity contribution in [3.8, 4) is 0 Å². The molecule has 1 N–H and O–H groups in total. The predicted molar refractivity (Wildman–Crippen MR) is 68.1 cm³/mol. The van der Waals surface area contributed by atoms with Gasteiger partial charge in [-0.15, -0.1) is 0 Å². The van der Waals surface area contributed by atoms with Gasteiger partial charge in [0.1, 0.15) is 0 Å². The lowest BCUT2D eigenvalue weighted by Crippen LogP contribution is -2.34. The molecule has 1 fully saturated rings. The summed E-state index contributed by atoms with van der Waals surface area (Å²) in [5, 5.41) is 10.7. The van der Waals surface area contributed by atoms with Crippen LogP contribution in [-0.2, 0) is 6.42 Å². The summed E-state index contributed by atoms with van der Waals surface area (Å²) in [7, 11) is 0. The quantitative estimate of drug-likeness (QED) is 0.881. The van der Waals surface area contributed by atoms with Crippen molar-refractivity contribution in [3.63, 3.8) is 0 Å². The fourth-order valence-electron chi connectivity index (χ4n) is 2.59. The summed E-state index contributed by atoms with van der Waals surface area (Å²) in [5.41, 5.74) is 0.820. The Kier molecular flexibility index (Phi) is 4.23. The number of rotatable bonds is 3. The maximum Gasteiger partial charge on any atom is 0.248 e. The van der Waals surface area contributed by atoms with Crippen LogP contribution in [0.15, 0.2) is 24.3 Å². The lowest BCUT2D eigenvalue weighted by molar-refractivity contribution is -0.0751. The van der Waals surface area contributed by atoms with Crippen molar-refractivity contribution < 1.29 is 13.9 Å². The van der Waals surface area contributed by atoms with Gasteiger partial charge in [0.25, 0.3) is 0 Å². The van der Waals surface area contributed by atoms with Gasteiger partial charge in [-0.2, -0.15) is 0 Å². The van der Waals surface area contributed by atoms with E-state index in [2.05, 4.69) is 0 Å². The molecule has 1 nitrogen and oxygen atoms in total. The number of hydrogen-bond donors (Lipinski definition) is 1. The third kappa shape index (κ3) is 3.42. The van der Waals surface area contributed by atoms with Crippen molar-refractivity contribution in [2.24, 2.45) is 5.92 Å². The van der Waals surface area contributed by atoms with Crippen LogP contribution in [0.4, 0.5) is 8.78 Å². The van der Waals surface area contributed by atoms with Gasteiger partial charge in [-0.05, 0) is 30.4 Å². The van der Waals surface area contributed by atoms with Gasteiger partial charge in [0.15, 0.2) is 0 Å². The van der Waals surface area contributed by atoms with Crippen LogP contribution in [0.25, 0.3) is 0 Å². The summed E-state index contributed by atoms with van der Waals surface area (Å²) < 4.78 is 26.6. The monoisotopic (exact) mass is 274 g/mol. The molecule has 0 amide bonds. The Bertz CT molecular complexity index is 409. The molecule has 2 atom stereocenters. The predicted octanol–water partition coefficient (Wildman–Crippen LogP) is 4.07. The summed E-state index contributed by atoms with van der Waals surface area (Å²) in [6, 6.07) is 7.22. The highest BCUT2D eigenvalue weighted by molar-refractivity contribution is 6.31. The molecule has 1 aliphatic rings. The second kappa shape index (κ2) is 5.54. The van der Waals surface area contributed by atoms with Crippen LogP contribution in [0.2, 0.25) is 5.02 Å². The molecule has 0 spiro atoms. The van der Waals surface area contributed by atoms with E-state index in [9.17, 15) is 13.9 Å². The zero-order valence-electron chi connectivity index (χ0n) is 10.1. The Labute approximate surface area is 111 Å². The maximum atomic E-state index is 13.3. The number of benzene rings is 1. The van der Waals surface area contributed by atoms with Crippen molar-refractivity contribution in [2.75, 3.05) is 0 Å². The van der Waals surface area contributed by atoms with Crippen LogP contribution in [0, 0.1) is 5.92 Å². The van der Waals surface area contributed by atoms with Gasteiger partial charge in [-0.1, -0.05) is 29.8 Å². The molecule has 0 saturated heterocycles. The summed E-state index contributed by atoms with van der Waals surface area (Å²) in [6.07, 6.45) is 0.496. The van der Waals surface area contributed by atoms with Crippen molar-refractivity contribution in [3.05, 3.63) is 34.9 Å². The van der Waals surface area contributed by atoms with Crippen LogP contribution < -0.4 is 0 Å². The van der Waals surface area contributed by atoms with Gasteiger partial charge < -0.3 is 5.11 Å². The molecule has 0 heterocycles. The molecule has 0 aromatic heterocycles. The summed E-state index contributed by atoms with van der Waals surface area (Å²) in [4.78, 5) is 0. The van der Waals surface area contributed by atoms with Crippen LogP contribution in [0.1, 0.15) is 31.2 Å². The maximum absolute atomic E-state index is 13.3. The van der Waals surface area contributed by atoms with Crippen LogP contribution in [-0.4, -0.2) is 17.1 Å². The van der Waals surface area contributed by atoms with Gasteiger partial charge in [-0.3, -0.25) is 0 Å². The van der Waals surface area contributed by atoms with Gasteiger partial charge in [-0.25, -0.2) is 8.78 Å². The number of hydrogen-bond acceptors (Lipinski definition) is 1. The zero-order chi connectivity index (χ0) is 13.2. The summed E-state index contributed by atoms with van der Waals surface area (Å²) >= 11 is 6.00. The van der Waals surface area contributed by atoms with Crippen molar-refractivity contribution in [1.82, 2.24) is 0 Å². The van der Waals surface area contributed by atoms with Gasteiger partial charge in [0.05, 0.1) is 6.10 Å². The summed E-state index contributed by atoms with van der Waals surface area (Å²) in [5.74, 6) is -2.95. The number of aliphatic hydroxyl groups excluding tert-OH is 1. The molecule has 2 unspecified atom stereocenters. The van der Waals surface area contributed by atoms with E-state index in [-0.39, 0.29) is 18.8 Å². The molecule has 1 aliphatic carbocycles. The highest BCUT2D eigenvalue weighted by Gasteiger charge is 2.38. The molecule has 4 heteroatoms. The number of alkyl halides is 2. The first-order valence-electron chi connectivity index (χ1n) is 6.27. The first-order chi connectivity index (χ1) is 8.48. The van der Waals surface area contributed by atoms with E-state index in [0.29, 0.717) is 24.3 Å². The van der Waals surface area contributed by atoms with Crippen molar-refractivity contribution in [2.45, 2.75) is 44.1 Å². The highest BCUT2D eigenvalue weighted by atomic mass is 35.5. The van der Waals surface area contributed by atoms with Gasteiger partial charge in [0, 0.05) is 24.3 Å². The second-order valence-corrected chi connectivity index (χ2v) is 5.48. The standard InChI is InChI=1S/C14H17ClF2O/c15-12-6-2-1-4-10(12)8-13(18)11-5-3-7-14(16,17)9-11/h1-2,4,6,11,13,18H,3,5,7-9H2. The Hall–Kier alpha value is -0.670. The fourth-order valence-corrected chi connectivity index (χ4v) is 2.81. The first kappa shape index (κ1) is 13.8. The molecule has 18 heavy (non-hydrogen) atoms. The van der Waals surface area contributed by atoms with Crippen LogP contribution >= 0.6 is 11.6 Å². The molecule has 2 rings (SSSR count). The van der Waals surface area contributed by atoms with Crippen LogP contribution in [0.5, 0.6) is 0 Å². The number of halogens is 3. The van der Waals surface area contributed by atoms with E-state index < -0.39 is 12.0 Å². The minimum Gasteiger partial charge on any atom is -0.392 e. The van der Waals surface area contributed by atoms with E-state index in [1.54, 1.807) is 6.07 Å². The van der Waals surface area contributed by atoms with Gasteiger partial charge >= 0.3 is 0 Å². The molecular formula is C14H17ClF2O. The van der Waals surface area contributed by atoms with Crippen molar-refractivity contribution in [1.29, 1.82) is 0 Å². The Balaban J connectivity index is 2.00. The molecular weight excluding hydrogens is 258 g/mol. The minimum atomic E-state index is -2.62. The fraction of sp³-hybridized carbons (Fsp3) is 0.571. The smallest absolute Gasteiger partial charge is 0.248 e. The Morgan fingerprint density at radius 3 is 2.78 bits per heavy atom. The molecule has 0 radical (unpaired) electrons. The minimum absolute atomic E-state index is 0.0533. The molecule has 0 aliphatic heterocycles. The second-order valence-electron chi connectivity index (χ2n) is 5.08. The van der Waals surface area contributed by atoms with E-state index in [1.807, 2.05) is 18.2 Å². The molecule has 100 valence electrons. The topological polar surface area (TPSA) is 20.2 Å². The van der Waals surface area contributed by atoms with Gasteiger partial charge in [0.2, 0.25) is 5.92 Å².